The minimum Gasteiger partial charge on any atom is -0.493 e. The van der Waals surface area contributed by atoms with Crippen molar-refractivity contribution >= 4 is 40.4 Å². The van der Waals surface area contributed by atoms with E-state index in [9.17, 15) is 14.4 Å². The first-order valence-corrected chi connectivity index (χ1v) is 15.4. The fourth-order valence-corrected chi connectivity index (χ4v) is 5.96. The van der Waals surface area contributed by atoms with E-state index in [-0.39, 0.29) is 17.8 Å². The molecule has 226 valence electrons. The van der Waals surface area contributed by atoms with Crippen LogP contribution in [0.5, 0.6) is 11.5 Å². The number of methoxy groups -OCH3 is 1. The standard InChI is InChI=1S/C31H40N4O6S/c1-6-33(7-2)16-10-18-41-30(37)35-31(38)42-21(4)28(32-35)23-12-14-25-22(19-23)11-9-17-34(25)29(36)24-13-15-26(39-5)27(20-24)40-8-3/h12-15,19-21H,6-11,16-18H2,1-5H3. The summed E-state index contributed by atoms with van der Waals surface area (Å²) in [4.78, 5) is 43.0. The maximum absolute atomic E-state index is 13.6. The van der Waals surface area contributed by atoms with Crippen LogP contribution >= 0.6 is 11.8 Å². The summed E-state index contributed by atoms with van der Waals surface area (Å²) < 4.78 is 16.4. The Morgan fingerprint density at radius 1 is 1.10 bits per heavy atom. The minimum atomic E-state index is -0.767. The zero-order valence-electron chi connectivity index (χ0n) is 25.1. The fraction of sp³-hybridized carbons (Fsp3) is 0.484. The van der Waals surface area contributed by atoms with Crippen LogP contribution in [0.15, 0.2) is 41.5 Å². The molecule has 0 saturated carbocycles. The van der Waals surface area contributed by atoms with Crippen LogP contribution in [0.25, 0.3) is 0 Å². The predicted octanol–water partition coefficient (Wildman–Crippen LogP) is 5.82. The second-order valence-electron chi connectivity index (χ2n) is 10.0. The van der Waals surface area contributed by atoms with Gasteiger partial charge in [0.25, 0.3) is 5.91 Å². The first-order chi connectivity index (χ1) is 20.3. The van der Waals surface area contributed by atoms with Gasteiger partial charge in [0.05, 0.1) is 31.3 Å². The van der Waals surface area contributed by atoms with Gasteiger partial charge in [-0.1, -0.05) is 31.7 Å². The number of fused-ring (bicyclic) bond motifs is 1. The fourth-order valence-electron chi connectivity index (χ4n) is 5.14. The van der Waals surface area contributed by atoms with E-state index in [1.165, 1.54) is 0 Å². The van der Waals surface area contributed by atoms with Crippen molar-refractivity contribution in [3.63, 3.8) is 0 Å². The summed E-state index contributed by atoms with van der Waals surface area (Å²) in [5.74, 6) is 0.988. The Kier molecular flexibility index (Phi) is 10.9. The van der Waals surface area contributed by atoms with Crippen molar-refractivity contribution in [2.24, 2.45) is 5.10 Å². The zero-order chi connectivity index (χ0) is 30.2. The lowest BCUT2D eigenvalue weighted by molar-refractivity contribution is 0.0984. The molecule has 11 heteroatoms. The number of hydrazone groups is 1. The molecule has 0 fully saturated rings. The van der Waals surface area contributed by atoms with E-state index >= 15 is 0 Å². The number of rotatable bonds is 11. The third-order valence-corrected chi connectivity index (χ3v) is 8.36. The number of thioether (sulfide) groups is 1. The number of benzene rings is 2. The van der Waals surface area contributed by atoms with Gasteiger partial charge in [0.2, 0.25) is 0 Å². The maximum atomic E-state index is 13.6. The molecule has 0 spiro atoms. The highest BCUT2D eigenvalue weighted by atomic mass is 32.2. The third kappa shape index (κ3) is 7.07. The normalized spacial score (nSPS) is 16.7. The monoisotopic (exact) mass is 596 g/mol. The Hall–Kier alpha value is -3.57. The lowest BCUT2D eigenvalue weighted by Gasteiger charge is -2.31. The zero-order valence-corrected chi connectivity index (χ0v) is 25.9. The Morgan fingerprint density at radius 2 is 1.88 bits per heavy atom. The van der Waals surface area contributed by atoms with Gasteiger partial charge < -0.3 is 24.0 Å². The quantitative estimate of drug-likeness (QED) is 0.299. The lowest BCUT2D eigenvalue weighted by Crippen LogP contribution is -2.39. The molecule has 2 aromatic carbocycles. The summed E-state index contributed by atoms with van der Waals surface area (Å²) in [6.07, 6.45) is 1.51. The SMILES string of the molecule is CCOc1cc(C(=O)N2CCCc3cc(C4=NN(C(=O)OCCCN(CC)CC)C(=O)SC4C)ccc32)ccc1OC. The number of carbonyl (C=O) groups excluding carboxylic acids is 3. The van der Waals surface area contributed by atoms with Crippen molar-refractivity contribution in [3.8, 4) is 11.5 Å². The number of aryl methyl sites for hydroxylation is 1. The Bertz CT molecular complexity index is 1330. The maximum Gasteiger partial charge on any atom is 0.438 e. The molecule has 0 saturated heterocycles. The van der Waals surface area contributed by atoms with Crippen LogP contribution < -0.4 is 14.4 Å². The number of amides is 3. The first-order valence-electron chi connectivity index (χ1n) is 14.6. The van der Waals surface area contributed by atoms with Gasteiger partial charge in [-0.3, -0.25) is 9.59 Å². The summed E-state index contributed by atoms with van der Waals surface area (Å²) in [7, 11) is 1.57. The highest BCUT2D eigenvalue weighted by Crippen LogP contribution is 2.34. The average molecular weight is 597 g/mol. The van der Waals surface area contributed by atoms with E-state index in [1.54, 1.807) is 30.2 Å². The van der Waals surface area contributed by atoms with E-state index in [4.69, 9.17) is 14.2 Å². The van der Waals surface area contributed by atoms with Crippen molar-refractivity contribution in [1.82, 2.24) is 9.91 Å². The van der Waals surface area contributed by atoms with Crippen LogP contribution in [0, 0.1) is 0 Å². The molecule has 2 aliphatic rings. The van der Waals surface area contributed by atoms with Crippen molar-refractivity contribution < 1.29 is 28.6 Å². The number of carbonyl (C=O) groups is 3. The topological polar surface area (TPSA) is 101 Å². The molecule has 1 atom stereocenters. The average Bonchev–Trinajstić information content (AvgIpc) is 3.00. The predicted molar refractivity (Wildman–Crippen MR) is 165 cm³/mol. The van der Waals surface area contributed by atoms with Crippen LogP contribution in [-0.2, 0) is 11.2 Å². The van der Waals surface area contributed by atoms with E-state index in [0.717, 1.165) is 66.1 Å². The summed E-state index contributed by atoms with van der Waals surface area (Å²) >= 11 is 1.04. The molecular weight excluding hydrogens is 556 g/mol. The molecule has 2 aromatic rings. The Morgan fingerprint density at radius 3 is 2.60 bits per heavy atom. The second kappa shape index (κ2) is 14.6. The number of imide groups is 1. The lowest BCUT2D eigenvalue weighted by atomic mass is 9.96. The Labute approximate surface area is 252 Å². The number of ether oxygens (including phenoxy) is 3. The van der Waals surface area contributed by atoms with Gasteiger partial charge in [0.1, 0.15) is 0 Å². The highest BCUT2D eigenvalue weighted by Gasteiger charge is 2.34. The van der Waals surface area contributed by atoms with Gasteiger partial charge in [0.15, 0.2) is 11.5 Å². The first kappa shape index (κ1) is 31.4. The number of anilines is 1. The van der Waals surface area contributed by atoms with Gasteiger partial charge in [-0.05, 0) is 87.7 Å². The summed E-state index contributed by atoms with van der Waals surface area (Å²) in [6, 6.07) is 11.0. The highest BCUT2D eigenvalue weighted by molar-refractivity contribution is 8.14. The Balaban J connectivity index is 1.52. The van der Waals surface area contributed by atoms with Crippen LogP contribution in [-0.4, -0.2) is 84.6 Å². The summed E-state index contributed by atoms with van der Waals surface area (Å²) in [5.41, 5.74) is 3.78. The molecule has 4 rings (SSSR count). The van der Waals surface area contributed by atoms with Crippen LogP contribution in [0.2, 0.25) is 0 Å². The van der Waals surface area contributed by atoms with E-state index in [2.05, 4.69) is 23.8 Å². The number of hydrogen-bond donors (Lipinski definition) is 0. The van der Waals surface area contributed by atoms with Crippen LogP contribution in [0.1, 0.15) is 62.0 Å². The summed E-state index contributed by atoms with van der Waals surface area (Å²) in [5, 5.41) is 4.56. The van der Waals surface area contributed by atoms with Crippen molar-refractivity contribution in [2.75, 3.05) is 51.4 Å². The molecule has 1 unspecified atom stereocenters. The molecule has 0 aromatic heterocycles. The van der Waals surface area contributed by atoms with Gasteiger partial charge in [-0.25, -0.2) is 4.79 Å². The third-order valence-electron chi connectivity index (χ3n) is 7.40. The molecule has 0 bridgehead atoms. The van der Waals surface area contributed by atoms with Gasteiger partial charge >= 0.3 is 11.3 Å². The van der Waals surface area contributed by atoms with Gasteiger partial charge in [-0.2, -0.15) is 5.10 Å². The van der Waals surface area contributed by atoms with Crippen molar-refractivity contribution in [3.05, 3.63) is 53.1 Å². The molecule has 0 aliphatic carbocycles. The molecule has 42 heavy (non-hydrogen) atoms. The number of nitrogens with zero attached hydrogens (tertiary/aromatic N) is 4. The van der Waals surface area contributed by atoms with Gasteiger partial charge in [-0.15, -0.1) is 5.01 Å². The summed E-state index contributed by atoms with van der Waals surface area (Å²) in [6.45, 7) is 11.9. The molecule has 3 amide bonds. The molecule has 10 nitrogen and oxygen atoms in total. The molecule has 2 aliphatic heterocycles. The van der Waals surface area contributed by atoms with Crippen LogP contribution in [0.3, 0.4) is 0 Å². The number of hydrogen-bond acceptors (Lipinski definition) is 9. The smallest absolute Gasteiger partial charge is 0.438 e. The van der Waals surface area contributed by atoms with Crippen LogP contribution in [0.4, 0.5) is 15.3 Å². The second-order valence-corrected chi connectivity index (χ2v) is 11.3. The van der Waals surface area contributed by atoms with Crippen molar-refractivity contribution in [2.45, 2.75) is 52.2 Å². The van der Waals surface area contributed by atoms with E-state index < -0.39 is 11.3 Å². The minimum absolute atomic E-state index is 0.119. The molecular formula is C31H40N4O6S. The molecule has 2 heterocycles. The molecule has 0 radical (unpaired) electrons. The van der Waals surface area contributed by atoms with E-state index in [1.807, 2.05) is 32.0 Å². The van der Waals surface area contributed by atoms with Crippen molar-refractivity contribution in [1.29, 1.82) is 0 Å². The largest absolute Gasteiger partial charge is 0.493 e. The van der Waals surface area contributed by atoms with E-state index in [0.29, 0.717) is 42.3 Å². The van der Waals surface area contributed by atoms with Gasteiger partial charge in [0, 0.05) is 24.3 Å². The molecule has 0 N–H and O–H groups in total.